The van der Waals surface area contributed by atoms with Crippen LogP contribution in [-0.4, -0.2) is 32.8 Å². The summed E-state index contributed by atoms with van der Waals surface area (Å²) in [4.78, 5) is 13.0. The summed E-state index contributed by atoms with van der Waals surface area (Å²) < 4.78 is 8.57. The van der Waals surface area contributed by atoms with Crippen molar-refractivity contribution in [1.29, 1.82) is 0 Å². The highest BCUT2D eigenvalue weighted by Crippen LogP contribution is 2.34. The molecule has 0 spiro atoms. The Morgan fingerprint density at radius 3 is 2.17 bits per heavy atom. The van der Waals surface area contributed by atoms with Gasteiger partial charge in [0.05, 0.1) is 32.9 Å². The van der Waals surface area contributed by atoms with Gasteiger partial charge in [0.1, 0.15) is 5.56 Å². The van der Waals surface area contributed by atoms with Crippen molar-refractivity contribution in [3.8, 4) is 17.0 Å². The molecular weight excluding hydrogens is 308 g/mol. The fraction of sp³-hybridized carbons (Fsp3) is 0.500. The normalized spacial score (nSPS) is 14.5. The Morgan fingerprint density at radius 2 is 1.62 bits per heavy atom. The number of aromatic nitrogens is 2. The van der Waals surface area contributed by atoms with E-state index in [1.54, 1.807) is 9.36 Å². The van der Waals surface area contributed by atoms with Gasteiger partial charge in [0.15, 0.2) is 0 Å². The topological polar surface area (TPSA) is 76.6 Å². The van der Waals surface area contributed by atoms with Gasteiger partial charge in [0.2, 0.25) is 5.88 Å². The first-order valence-corrected chi connectivity index (χ1v) is 8.48. The van der Waals surface area contributed by atoms with Crippen molar-refractivity contribution < 1.29 is 14.9 Å². The first-order valence-electron chi connectivity index (χ1n) is 8.48. The molecule has 0 aliphatic carbocycles. The molecule has 6 nitrogen and oxygen atoms in total. The number of nitrogens with zero attached hydrogens (tertiary/aromatic N) is 2. The van der Waals surface area contributed by atoms with E-state index in [0.717, 1.165) is 35.1 Å². The van der Waals surface area contributed by atoms with E-state index in [0.29, 0.717) is 31.9 Å². The standard InChI is InChI=1S/C18H24N2O4/c1-3-13-9-12(11-21)10-14(4-2)15(13)16-17(22)19-5-7-24-8-6-20(19)18(16)23/h9-10,21-22H,3-8,11H2,1-2H3. The maximum Gasteiger partial charge on any atom is 0.278 e. The van der Waals surface area contributed by atoms with Crippen LogP contribution in [0.3, 0.4) is 0 Å². The molecule has 0 unspecified atom stereocenters. The monoisotopic (exact) mass is 332 g/mol. The fourth-order valence-corrected chi connectivity index (χ4v) is 3.46. The number of aliphatic hydroxyl groups is 1. The van der Waals surface area contributed by atoms with Gasteiger partial charge in [0, 0.05) is 0 Å². The van der Waals surface area contributed by atoms with Gasteiger partial charge >= 0.3 is 0 Å². The van der Waals surface area contributed by atoms with Crippen LogP contribution in [0.4, 0.5) is 0 Å². The van der Waals surface area contributed by atoms with E-state index in [1.807, 2.05) is 26.0 Å². The molecular formula is C18H24N2O4. The van der Waals surface area contributed by atoms with Crippen LogP contribution >= 0.6 is 0 Å². The maximum absolute atomic E-state index is 13.0. The largest absolute Gasteiger partial charge is 0.493 e. The Balaban J connectivity index is 2.29. The van der Waals surface area contributed by atoms with Crippen LogP contribution in [-0.2, 0) is 37.3 Å². The van der Waals surface area contributed by atoms with Crippen molar-refractivity contribution >= 4 is 0 Å². The van der Waals surface area contributed by atoms with Crippen LogP contribution in [0, 0.1) is 0 Å². The highest BCUT2D eigenvalue weighted by Gasteiger charge is 2.25. The van der Waals surface area contributed by atoms with Gasteiger partial charge in [0.25, 0.3) is 5.56 Å². The van der Waals surface area contributed by atoms with Crippen LogP contribution in [0.25, 0.3) is 11.1 Å². The lowest BCUT2D eigenvalue weighted by Crippen LogP contribution is -2.23. The Kier molecular flexibility index (Phi) is 4.78. The number of rotatable bonds is 4. The van der Waals surface area contributed by atoms with Gasteiger partial charge in [-0.1, -0.05) is 26.0 Å². The summed E-state index contributed by atoms with van der Waals surface area (Å²) in [6.07, 6.45) is 1.45. The van der Waals surface area contributed by atoms with Gasteiger partial charge in [-0.2, -0.15) is 0 Å². The number of ether oxygens (including phenoxy) is 1. The Morgan fingerprint density at radius 1 is 1.04 bits per heavy atom. The van der Waals surface area contributed by atoms with E-state index in [-0.39, 0.29) is 18.0 Å². The number of hydrogen-bond acceptors (Lipinski definition) is 4. The number of aryl methyl sites for hydroxylation is 2. The minimum Gasteiger partial charge on any atom is -0.493 e. The molecule has 0 atom stereocenters. The van der Waals surface area contributed by atoms with Crippen LogP contribution in [0.2, 0.25) is 0 Å². The van der Waals surface area contributed by atoms with Gasteiger partial charge in [-0.3, -0.25) is 4.79 Å². The average molecular weight is 332 g/mol. The molecule has 2 heterocycles. The second-order valence-corrected chi connectivity index (χ2v) is 6.02. The molecule has 2 N–H and O–H groups in total. The molecule has 1 aliphatic heterocycles. The highest BCUT2D eigenvalue weighted by atomic mass is 16.5. The van der Waals surface area contributed by atoms with E-state index in [1.165, 1.54) is 0 Å². The first-order chi connectivity index (χ1) is 11.6. The summed E-state index contributed by atoms with van der Waals surface area (Å²) in [7, 11) is 0. The lowest BCUT2D eigenvalue weighted by atomic mass is 9.91. The zero-order valence-corrected chi connectivity index (χ0v) is 14.2. The highest BCUT2D eigenvalue weighted by molar-refractivity contribution is 5.75. The lowest BCUT2D eigenvalue weighted by molar-refractivity contribution is 0.137. The molecule has 1 aromatic heterocycles. The third-order valence-corrected chi connectivity index (χ3v) is 4.66. The summed E-state index contributed by atoms with van der Waals surface area (Å²) in [6.45, 7) is 5.84. The molecule has 3 rings (SSSR count). The predicted octanol–water partition coefficient (Wildman–Crippen LogP) is 1.67. The molecule has 1 aromatic carbocycles. The molecule has 6 heteroatoms. The van der Waals surface area contributed by atoms with Gasteiger partial charge < -0.3 is 14.9 Å². The summed E-state index contributed by atoms with van der Waals surface area (Å²) in [6, 6.07) is 3.84. The van der Waals surface area contributed by atoms with Crippen LogP contribution in [0.5, 0.6) is 5.88 Å². The zero-order chi connectivity index (χ0) is 17.3. The maximum atomic E-state index is 13.0. The summed E-state index contributed by atoms with van der Waals surface area (Å²) in [5, 5.41) is 20.2. The summed E-state index contributed by atoms with van der Waals surface area (Å²) in [5.74, 6) is 0.00616. The quantitative estimate of drug-likeness (QED) is 0.893. The second-order valence-electron chi connectivity index (χ2n) is 6.02. The molecule has 0 fully saturated rings. The number of benzene rings is 1. The van der Waals surface area contributed by atoms with Gasteiger partial charge in [-0.25, -0.2) is 9.36 Å². The van der Waals surface area contributed by atoms with Crippen LogP contribution in [0.15, 0.2) is 16.9 Å². The van der Waals surface area contributed by atoms with E-state index in [2.05, 4.69) is 0 Å². The molecule has 1 aliphatic rings. The average Bonchev–Trinajstić information content (AvgIpc) is 2.79. The molecule has 0 amide bonds. The van der Waals surface area contributed by atoms with Crippen LogP contribution in [0.1, 0.15) is 30.5 Å². The Hall–Kier alpha value is -2.05. The minimum atomic E-state index is -0.181. The Labute approximate surface area is 140 Å². The van der Waals surface area contributed by atoms with Crippen molar-refractivity contribution in [3.05, 3.63) is 39.2 Å². The predicted molar refractivity (Wildman–Crippen MR) is 91.3 cm³/mol. The Bertz CT molecular complexity index is 779. The fourth-order valence-electron chi connectivity index (χ4n) is 3.46. The van der Waals surface area contributed by atoms with Crippen molar-refractivity contribution in [2.45, 2.75) is 46.4 Å². The van der Waals surface area contributed by atoms with E-state index < -0.39 is 0 Å². The van der Waals surface area contributed by atoms with Crippen molar-refractivity contribution in [2.75, 3.05) is 13.2 Å². The molecule has 0 saturated carbocycles. The molecule has 130 valence electrons. The third kappa shape index (κ3) is 2.65. The number of aromatic hydroxyl groups is 1. The van der Waals surface area contributed by atoms with E-state index in [9.17, 15) is 15.0 Å². The smallest absolute Gasteiger partial charge is 0.278 e. The van der Waals surface area contributed by atoms with Crippen LogP contribution < -0.4 is 5.56 Å². The first kappa shape index (κ1) is 16.8. The number of aliphatic hydroxyl groups excluding tert-OH is 1. The summed E-state index contributed by atoms with van der Waals surface area (Å²) in [5.41, 5.74) is 3.79. The molecule has 0 saturated heterocycles. The molecule has 0 bridgehead atoms. The van der Waals surface area contributed by atoms with E-state index in [4.69, 9.17) is 4.74 Å². The van der Waals surface area contributed by atoms with E-state index >= 15 is 0 Å². The second kappa shape index (κ2) is 6.83. The van der Waals surface area contributed by atoms with Crippen molar-refractivity contribution in [3.63, 3.8) is 0 Å². The van der Waals surface area contributed by atoms with Crippen molar-refractivity contribution in [2.24, 2.45) is 0 Å². The summed E-state index contributed by atoms with van der Waals surface area (Å²) >= 11 is 0. The number of hydrogen-bond donors (Lipinski definition) is 2. The van der Waals surface area contributed by atoms with Gasteiger partial charge in [-0.15, -0.1) is 0 Å². The molecule has 0 radical (unpaired) electrons. The SMILES string of the molecule is CCc1cc(CO)cc(CC)c1-c1c(O)n2n(c1=O)CCOCC2. The molecule has 24 heavy (non-hydrogen) atoms. The third-order valence-electron chi connectivity index (χ3n) is 4.66. The zero-order valence-electron chi connectivity index (χ0n) is 14.2. The van der Waals surface area contributed by atoms with Gasteiger partial charge in [-0.05, 0) is 35.1 Å². The molecule has 2 aromatic rings. The van der Waals surface area contributed by atoms with Crippen molar-refractivity contribution in [1.82, 2.24) is 9.36 Å². The lowest BCUT2D eigenvalue weighted by Gasteiger charge is -2.14. The number of fused-ring (bicyclic) bond motifs is 1. The minimum absolute atomic E-state index is 0.00616.